The Balaban J connectivity index is 2.63. The zero-order valence-corrected chi connectivity index (χ0v) is 12.8. The highest BCUT2D eigenvalue weighted by Crippen LogP contribution is 2.09. The molecule has 0 aromatic heterocycles. The summed E-state index contributed by atoms with van der Waals surface area (Å²) in [6.07, 6.45) is 0.546. The summed E-state index contributed by atoms with van der Waals surface area (Å²) < 4.78 is 0. The van der Waals surface area contributed by atoms with Gasteiger partial charge in [-0.05, 0) is 30.0 Å². The topological polar surface area (TPSA) is 78.4 Å². The molecule has 0 radical (unpaired) electrons. The van der Waals surface area contributed by atoms with Gasteiger partial charge in [-0.15, -0.1) is 0 Å². The van der Waals surface area contributed by atoms with Gasteiger partial charge < -0.3 is 15.7 Å². The lowest BCUT2D eigenvalue weighted by atomic mass is 10.0. The van der Waals surface area contributed by atoms with Crippen LogP contribution in [0.15, 0.2) is 24.3 Å². The Hall–Kier alpha value is -1.88. The van der Waals surface area contributed by atoms with Gasteiger partial charge in [0, 0.05) is 31.7 Å². The average molecular weight is 292 g/mol. The van der Waals surface area contributed by atoms with Crippen LogP contribution in [0.5, 0.6) is 0 Å². The zero-order chi connectivity index (χ0) is 15.8. The minimum Gasteiger partial charge on any atom is -0.396 e. The van der Waals surface area contributed by atoms with E-state index in [0.29, 0.717) is 18.5 Å². The lowest BCUT2D eigenvalue weighted by molar-refractivity contribution is -0.119. The Morgan fingerprint density at radius 1 is 1.19 bits per heavy atom. The van der Waals surface area contributed by atoms with Gasteiger partial charge in [0.1, 0.15) is 0 Å². The van der Waals surface area contributed by atoms with Crippen LogP contribution in [0.1, 0.15) is 43.1 Å². The summed E-state index contributed by atoms with van der Waals surface area (Å²) in [5.74, 6) is 0.0361. The Morgan fingerprint density at radius 2 is 1.81 bits per heavy atom. The molecule has 0 aliphatic carbocycles. The van der Waals surface area contributed by atoms with Gasteiger partial charge >= 0.3 is 0 Å². The molecule has 0 saturated heterocycles. The van der Waals surface area contributed by atoms with E-state index in [-0.39, 0.29) is 30.4 Å². The lowest BCUT2D eigenvalue weighted by Gasteiger charge is -2.21. The molecule has 0 bridgehead atoms. The Bertz CT molecular complexity index is 469. The van der Waals surface area contributed by atoms with Crippen molar-refractivity contribution in [2.24, 2.45) is 5.92 Å². The number of nitrogens with one attached hydrogen (secondary N) is 2. The largest absolute Gasteiger partial charge is 0.396 e. The molecule has 0 aliphatic heterocycles. The maximum absolute atomic E-state index is 12.1. The summed E-state index contributed by atoms with van der Waals surface area (Å²) in [6.45, 7) is 6.00. The molecule has 0 heterocycles. The third-order valence-electron chi connectivity index (χ3n) is 3.32. The van der Waals surface area contributed by atoms with Crippen molar-refractivity contribution in [1.82, 2.24) is 10.6 Å². The van der Waals surface area contributed by atoms with Crippen LogP contribution in [-0.2, 0) is 11.3 Å². The molecule has 5 heteroatoms. The second-order valence-corrected chi connectivity index (χ2v) is 5.44. The van der Waals surface area contributed by atoms with E-state index >= 15 is 0 Å². The van der Waals surface area contributed by atoms with Crippen molar-refractivity contribution < 1.29 is 14.7 Å². The fraction of sp³-hybridized carbons (Fsp3) is 0.500. The van der Waals surface area contributed by atoms with E-state index in [1.54, 1.807) is 12.1 Å². The normalized spacial score (nSPS) is 12.0. The third-order valence-corrected chi connectivity index (χ3v) is 3.32. The lowest BCUT2D eigenvalue weighted by Crippen LogP contribution is -2.39. The fourth-order valence-corrected chi connectivity index (χ4v) is 1.96. The molecule has 0 fully saturated rings. The first-order valence-electron chi connectivity index (χ1n) is 7.19. The first kappa shape index (κ1) is 17.2. The van der Waals surface area contributed by atoms with Gasteiger partial charge in [0.05, 0.1) is 0 Å². The number of hydrogen-bond acceptors (Lipinski definition) is 3. The molecule has 0 aliphatic rings. The van der Waals surface area contributed by atoms with E-state index in [1.165, 1.54) is 6.92 Å². The van der Waals surface area contributed by atoms with Gasteiger partial charge in [0.15, 0.2) is 0 Å². The fourth-order valence-electron chi connectivity index (χ4n) is 1.96. The second kappa shape index (κ2) is 8.42. The van der Waals surface area contributed by atoms with Crippen LogP contribution in [0.2, 0.25) is 0 Å². The van der Waals surface area contributed by atoms with Crippen molar-refractivity contribution >= 4 is 11.8 Å². The van der Waals surface area contributed by atoms with Crippen molar-refractivity contribution in [1.29, 1.82) is 0 Å². The maximum Gasteiger partial charge on any atom is 0.251 e. The summed E-state index contributed by atoms with van der Waals surface area (Å²) in [6, 6.07) is 7.08. The molecule has 1 atom stereocenters. The molecule has 1 rings (SSSR count). The summed E-state index contributed by atoms with van der Waals surface area (Å²) >= 11 is 0. The monoisotopic (exact) mass is 292 g/mol. The molecule has 0 saturated carbocycles. The maximum atomic E-state index is 12.1. The van der Waals surface area contributed by atoms with Crippen molar-refractivity contribution in [2.45, 2.75) is 39.8 Å². The average Bonchev–Trinajstić information content (AvgIpc) is 2.45. The first-order valence-corrected chi connectivity index (χ1v) is 7.19. The van der Waals surface area contributed by atoms with Gasteiger partial charge in [-0.3, -0.25) is 9.59 Å². The minimum atomic E-state index is -0.145. The van der Waals surface area contributed by atoms with Gasteiger partial charge in [-0.2, -0.15) is 0 Å². The van der Waals surface area contributed by atoms with Crippen molar-refractivity contribution in [2.75, 3.05) is 6.61 Å². The summed E-state index contributed by atoms with van der Waals surface area (Å²) in [5, 5.41) is 14.7. The number of carbonyl (C=O) groups excluding carboxylic acids is 2. The molecule has 5 nitrogen and oxygen atoms in total. The van der Waals surface area contributed by atoms with Crippen LogP contribution in [0, 0.1) is 5.92 Å². The van der Waals surface area contributed by atoms with Gasteiger partial charge in [0.25, 0.3) is 5.91 Å². The number of rotatable bonds is 7. The van der Waals surface area contributed by atoms with Crippen LogP contribution >= 0.6 is 0 Å². The van der Waals surface area contributed by atoms with Gasteiger partial charge in [-0.1, -0.05) is 26.0 Å². The quantitative estimate of drug-likeness (QED) is 0.712. The molecule has 1 unspecified atom stereocenters. The first-order chi connectivity index (χ1) is 9.93. The van der Waals surface area contributed by atoms with E-state index in [1.807, 2.05) is 26.0 Å². The summed E-state index contributed by atoms with van der Waals surface area (Å²) in [4.78, 5) is 23.0. The second-order valence-electron chi connectivity index (χ2n) is 5.44. The molecule has 116 valence electrons. The number of benzene rings is 1. The number of amides is 2. The van der Waals surface area contributed by atoms with Crippen LogP contribution in [-0.4, -0.2) is 29.6 Å². The Morgan fingerprint density at radius 3 is 2.29 bits per heavy atom. The highest BCUT2D eigenvalue weighted by atomic mass is 16.3. The molecule has 3 N–H and O–H groups in total. The zero-order valence-electron chi connectivity index (χ0n) is 12.8. The van der Waals surface area contributed by atoms with Crippen LogP contribution in [0.4, 0.5) is 0 Å². The highest BCUT2D eigenvalue weighted by molar-refractivity contribution is 5.94. The smallest absolute Gasteiger partial charge is 0.251 e. The number of aliphatic hydroxyl groups excluding tert-OH is 1. The SMILES string of the molecule is CC(=O)NCc1ccc(C(=O)NC(CCO)C(C)C)cc1. The molecular formula is C16H24N2O3. The molecule has 1 aromatic carbocycles. The summed E-state index contributed by atoms with van der Waals surface area (Å²) in [5.41, 5.74) is 1.52. The highest BCUT2D eigenvalue weighted by Gasteiger charge is 2.16. The molecule has 21 heavy (non-hydrogen) atoms. The third kappa shape index (κ3) is 5.95. The van der Waals surface area contributed by atoms with Crippen LogP contribution < -0.4 is 10.6 Å². The van der Waals surface area contributed by atoms with Crippen molar-refractivity contribution in [3.63, 3.8) is 0 Å². The van der Waals surface area contributed by atoms with Gasteiger partial charge in [-0.25, -0.2) is 0 Å². The van der Waals surface area contributed by atoms with Gasteiger partial charge in [0.2, 0.25) is 5.91 Å². The summed E-state index contributed by atoms with van der Waals surface area (Å²) in [7, 11) is 0. The van der Waals surface area contributed by atoms with E-state index in [0.717, 1.165) is 5.56 Å². The van der Waals surface area contributed by atoms with E-state index < -0.39 is 0 Å². The molecule has 2 amide bonds. The van der Waals surface area contributed by atoms with E-state index in [4.69, 9.17) is 5.11 Å². The minimum absolute atomic E-state index is 0.0402. The van der Waals surface area contributed by atoms with Crippen molar-refractivity contribution in [3.05, 3.63) is 35.4 Å². The Labute approximate surface area is 125 Å². The molecular weight excluding hydrogens is 268 g/mol. The predicted molar refractivity (Wildman–Crippen MR) is 81.8 cm³/mol. The Kier molecular flexibility index (Phi) is 6.88. The molecule has 0 spiro atoms. The van der Waals surface area contributed by atoms with Crippen LogP contribution in [0.25, 0.3) is 0 Å². The van der Waals surface area contributed by atoms with Crippen LogP contribution in [0.3, 0.4) is 0 Å². The molecule has 1 aromatic rings. The standard InChI is InChI=1S/C16H24N2O3/c1-11(2)15(8-9-19)18-16(21)14-6-4-13(5-7-14)10-17-12(3)20/h4-7,11,15,19H,8-10H2,1-3H3,(H,17,20)(H,18,21). The van der Waals surface area contributed by atoms with E-state index in [9.17, 15) is 9.59 Å². The number of aliphatic hydroxyl groups is 1. The van der Waals surface area contributed by atoms with E-state index in [2.05, 4.69) is 10.6 Å². The number of hydrogen-bond donors (Lipinski definition) is 3. The predicted octanol–water partition coefficient (Wildman–Crippen LogP) is 1.46. The number of carbonyl (C=O) groups is 2. The van der Waals surface area contributed by atoms with Crippen molar-refractivity contribution in [3.8, 4) is 0 Å².